The van der Waals surface area contributed by atoms with Crippen LogP contribution in [-0.4, -0.2) is 40.4 Å². The minimum Gasteiger partial charge on any atom is -0.497 e. The maximum atomic E-state index is 11.6. The molecular formula is C15H24N2O3S. The SMILES string of the molecule is CCNS(=O)(=O)CCNC1CCc2ccc(OC)cc2C1. The van der Waals surface area contributed by atoms with E-state index in [1.807, 2.05) is 6.07 Å². The number of hydrogen-bond donors (Lipinski definition) is 2. The Morgan fingerprint density at radius 2 is 2.14 bits per heavy atom. The van der Waals surface area contributed by atoms with E-state index in [0.717, 1.165) is 25.0 Å². The minimum atomic E-state index is -3.14. The highest BCUT2D eigenvalue weighted by Gasteiger charge is 2.19. The number of ether oxygens (including phenoxy) is 1. The van der Waals surface area contributed by atoms with Gasteiger partial charge in [-0.05, 0) is 42.5 Å². The molecule has 0 saturated heterocycles. The zero-order valence-corrected chi connectivity index (χ0v) is 13.5. The van der Waals surface area contributed by atoms with E-state index in [-0.39, 0.29) is 5.75 Å². The molecule has 1 aliphatic rings. The van der Waals surface area contributed by atoms with Gasteiger partial charge in [-0.1, -0.05) is 13.0 Å². The third kappa shape index (κ3) is 4.69. The predicted octanol–water partition coefficient (Wildman–Crippen LogP) is 1.08. The third-order valence-electron chi connectivity index (χ3n) is 3.81. The Bertz CT molecular complexity index is 572. The van der Waals surface area contributed by atoms with Gasteiger partial charge in [0.15, 0.2) is 0 Å². The Balaban J connectivity index is 1.87. The molecule has 0 bridgehead atoms. The van der Waals surface area contributed by atoms with Gasteiger partial charge in [0, 0.05) is 19.1 Å². The van der Waals surface area contributed by atoms with E-state index in [1.54, 1.807) is 14.0 Å². The van der Waals surface area contributed by atoms with Crippen molar-refractivity contribution in [3.05, 3.63) is 29.3 Å². The average molecular weight is 312 g/mol. The van der Waals surface area contributed by atoms with Gasteiger partial charge in [0.1, 0.15) is 5.75 Å². The predicted molar refractivity (Wildman–Crippen MR) is 84.3 cm³/mol. The molecule has 0 aliphatic heterocycles. The van der Waals surface area contributed by atoms with Crippen LogP contribution in [0.4, 0.5) is 0 Å². The number of benzene rings is 1. The Hall–Kier alpha value is -1.11. The first-order valence-electron chi connectivity index (χ1n) is 7.40. The van der Waals surface area contributed by atoms with E-state index < -0.39 is 10.0 Å². The van der Waals surface area contributed by atoms with Crippen LogP contribution in [0, 0.1) is 0 Å². The molecule has 2 N–H and O–H groups in total. The number of methoxy groups -OCH3 is 1. The Morgan fingerprint density at radius 3 is 2.86 bits per heavy atom. The highest BCUT2D eigenvalue weighted by molar-refractivity contribution is 7.89. The Labute approximate surface area is 127 Å². The van der Waals surface area contributed by atoms with Crippen molar-refractivity contribution in [2.45, 2.75) is 32.2 Å². The lowest BCUT2D eigenvalue weighted by Crippen LogP contribution is -2.39. The Morgan fingerprint density at radius 1 is 1.33 bits per heavy atom. The topological polar surface area (TPSA) is 67.4 Å². The summed E-state index contributed by atoms with van der Waals surface area (Å²) in [5, 5.41) is 3.35. The molecule has 118 valence electrons. The number of rotatable bonds is 7. The van der Waals surface area contributed by atoms with Gasteiger partial charge in [-0.2, -0.15) is 0 Å². The molecule has 1 aromatic carbocycles. The lowest BCUT2D eigenvalue weighted by Gasteiger charge is -2.26. The molecule has 0 radical (unpaired) electrons. The van der Waals surface area contributed by atoms with E-state index in [0.29, 0.717) is 19.1 Å². The smallest absolute Gasteiger partial charge is 0.212 e. The van der Waals surface area contributed by atoms with Crippen molar-refractivity contribution in [2.75, 3.05) is 26.0 Å². The quantitative estimate of drug-likeness (QED) is 0.791. The summed E-state index contributed by atoms with van der Waals surface area (Å²) in [6.07, 6.45) is 2.99. The van der Waals surface area contributed by atoms with Crippen LogP contribution in [-0.2, 0) is 22.9 Å². The molecule has 0 heterocycles. The molecule has 0 saturated carbocycles. The molecule has 1 aliphatic carbocycles. The van der Waals surface area contributed by atoms with Crippen LogP contribution in [0.1, 0.15) is 24.5 Å². The van der Waals surface area contributed by atoms with Crippen molar-refractivity contribution in [3.63, 3.8) is 0 Å². The molecule has 0 fully saturated rings. The van der Waals surface area contributed by atoms with Gasteiger partial charge in [-0.15, -0.1) is 0 Å². The van der Waals surface area contributed by atoms with Crippen molar-refractivity contribution in [2.24, 2.45) is 0 Å². The van der Waals surface area contributed by atoms with Gasteiger partial charge in [0.2, 0.25) is 10.0 Å². The molecule has 1 aromatic rings. The van der Waals surface area contributed by atoms with E-state index in [4.69, 9.17) is 4.74 Å². The van der Waals surface area contributed by atoms with Crippen LogP contribution in [0.2, 0.25) is 0 Å². The van der Waals surface area contributed by atoms with E-state index in [2.05, 4.69) is 22.2 Å². The summed E-state index contributed by atoms with van der Waals surface area (Å²) in [6.45, 7) is 2.72. The summed E-state index contributed by atoms with van der Waals surface area (Å²) < 4.78 is 30.9. The maximum Gasteiger partial charge on any atom is 0.212 e. The van der Waals surface area contributed by atoms with Crippen LogP contribution in [0.15, 0.2) is 18.2 Å². The summed E-state index contributed by atoms with van der Waals surface area (Å²) in [7, 11) is -1.46. The van der Waals surface area contributed by atoms with Gasteiger partial charge >= 0.3 is 0 Å². The first kappa shape index (κ1) is 16.3. The minimum absolute atomic E-state index is 0.127. The second-order valence-electron chi connectivity index (χ2n) is 5.35. The summed E-state index contributed by atoms with van der Waals surface area (Å²) in [5.41, 5.74) is 2.67. The molecule has 2 rings (SSSR count). The first-order valence-corrected chi connectivity index (χ1v) is 9.06. The van der Waals surface area contributed by atoms with E-state index in [1.165, 1.54) is 11.1 Å². The number of nitrogens with one attached hydrogen (secondary N) is 2. The van der Waals surface area contributed by atoms with Crippen LogP contribution in [0.3, 0.4) is 0 Å². The number of fused-ring (bicyclic) bond motifs is 1. The molecule has 0 spiro atoms. The molecule has 1 unspecified atom stereocenters. The molecule has 21 heavy (non-hydrogen) atoms. The summed E-state index contributed by atoms with van der Waals surface area (Å²) in [6, 6.07) is 6.54. The fourth-order valence-corrected chi connectivity index (χ4v) is 3.69. The average Bonchev–Trinajstić information content (AvgIpc) is 2.46. The van der Waals surface area contributed by atoms with Gasteiger partial charge in [0.05, 0.1) is 12.9 Å². The second kappa shape index (κ2) is 7.24. The molecule has 0 aromatic heterocycles. The lowest BCUT2D eigenvalue weighted by molar-refractivity contribution is 0.411. The zero-order valence-electron chi connectivity index (χ0n) is 12.7. The fourth-order valence-electron chi connectivity index (χ4n) is 2.72. The van der Waals surface area contributed by atoms with Gasteiger partial charge in [0.25, 0.3) is 0 Å². The third-order valence-corrected chi connectivity index (χ3v) is 5.28. The van der Waals surface area contributed by atoms with Crippen LogP contribution in [0.5, 0.6) is 5.75 Å². The molecule has 6 heteroatoms. The zero-order chi connectivity index (χ0) is 15.3. The molecule has 0 amide bonds. The van der Waals surface area contributed by atoms with Gasteiger partial charge < -0.3 is 10.1 Å². The summed E-state index contributed by atoms with van der Waals surface area (Å²) >= 11 is 0. The fraction of sp³-hybridized carbons (Fsp3) is 0.600. The maximum absolute atomic E-state index is 11.6. The normalized spacial score (nSPS) is 18.3. The second-order valence-corrected chi connectivity index (χ2v) is 7.27. The number of aryl methyl sites for hydroxylation is 1. The van der Waals surface area contributed by atoms with Crippen molar-refractivity contribution >= 4 is 10.0 Å². The summed E-state index contributed by atoms with van der Waals surface area (Å²) in [5.74, 6) is 1.01. The van der Waals surface area contributed by atoms with Crippen molar-refractivity contribution in [3.8, 4) is 5.75 Å². The lowest BCUT2D eigenvalue weighted by atomic mass is 9.88. The van der Waals surface area contributed by atoms with Gasteiger partial charge in [-0.25, -0.2) is 13.1 Å². The van der Waals surface area contributed by atoms with Crippen molar-refractivity contribution in [1.29, 1.82) is 0 Å². The largest absolute Gasteiger partial charge is 0.497 e. The molecule has 1 atom stereocenters. The number of sulfonamides is 1. The first-order chi connectivity index (χ1) is 10.0. The highest BCUT2D eigenvalue weighted by Crippen LogP contribution is 2.25. The summed E-state index contributed by atoms with van der Waals surface area (Å²) in [4.78, 5) is 0. The molecule has 5 nitrogen and oxygen atoms in total. The van der Waals surface area contributed by atoms with Gasteiger partial charge in [-0.3, -0.25) is 0 Å². The van der Waals surface area contributed by atoms with Crippen LogP contribution >= 0.6 is 0 Å². The monoisotopic (exact) mass is 312 g/mol. The number of hydrogen-bond acceptors (Lipinski definition) is 4. The highest BCUT2D eigenvalue weighted by atomic mass is 32.2. The van der Waals surface area contributed by atoms with E-state index in [9.17, 15) is 8.42 Å². The van der Waals surface area contributed by atoms with Crippen molar-refractivity contribution in [1.82, 2.24) is 10.0 Å². The van der Waals surface area contributed by atoms with Crippen LogP contribution in [0.25, 0.3) is 0 Å². The standard InChI is InChI=1S/C15H24N2O3S/c1-3-17-21(18,19)9-8-16-14-6-4-12-5-7-15(20-2)11-13(12)10-14/h5,7,11,14,16-17H,3-4,6,8-10H2,1-2H3. The van der Waals surface area contributed by atoms with E-state index >= 15 is 0 Å². The van der Waals surface area contributed by atoms with Crippen molar-refractivity contribution < 1.29 is 13.2 Å². The Kier molecular flexibility index (Phi) is 5.61. The van der Waals surface area contributed by atoms with Crippen LogP contribution < -0.4 is 14.8 Å². The molecular weight excluding hydrogens is 288 g/mol.